The highest BCUT2D eigenvalue weighted by Gasteiger charge is 2.15. The van der Waals surface area contributed by atoms with E-state index in [0.717, 1.165) is 22.4 Å². The lowest BCUT2D eigenvalue weighted by atomic mass is 10.1. The summed E-state index contributed by atoms with van der Waals surface area (Å²) in [6, 6.07) is 14.2. The summed E-state index contributed by atoms with van der Waals surface area (Å²) in [5.74, 6) is 0.747. The van der Waals surface area contributed by atoms with Crippen LogP contribution in [0.1, 0.15) is 18.5 Å². The summed E-state index contributed by atoms with van der Waals surface area (Å²) in [4.78, 5) is 11.1. The van der Waals surface area contributed by atoms with Crippen molar-refractivity contribution < 1.29 is 8.42 Å². The molecule has 0 amide bonds. The van der Waals surface area contributed by atoms with Gasteiger partial charge in [-0.2, -0.15) is 0 Å². The van der Waals surface area contributed by atoms with E-state index in [1.807, 2.05) is 43.1 Å². The van der Waals surface area contributed by atoms with Gasteiger partial charge in [0.15, 0.2) is 0 Å². The second-order valence-corrected chi connectivity index (χ2v) is 7.18. The minimum Gasteiger partial charge on any atom is -0.352 e. The number of anilines is 1. The van der Waals surface area contributed by atoms with Crippen molar-refractivity contribution in [2.75, 3.05) is 11.9 Å². The van der Waals surface area contributed by atoms with E-state index in [2.05, 4.69) is 9.97 Å². The van der Waals surface area contributed by atoms with Crippen LogP contribution >= 0.6 is 0 Å². The molecule has 124 valence electrons. The van der Waals surface area contributed by atoms with Crippen LogP contribution in [0.25, 0.3) is 11.0 Å². The van der Waals surface area contributed by atoms with Crippen LogP contribution in [0.5, 0.6) is 0 Å². The van der Waals surface area contributed by atoms with Crippen LogP contribution in [0.15, 0.2) is 59.6 Å². The molecule has 0 aliphatic heterocycles. The zero-order valence-corrected chi connectivity index (χ0v) is 14.2. The van der Waals surface area contributed by atoms with Gasteiger partial charge in [0.05, 0.1) is 28.2 Å². The van der Waals surface area contributed by atoms with Crippen LogP contribution in [0.2, 0.25) is 0 Å². The standard InChI is InChI=1S/C17H18N4O2S/c1-12(13-7-9-14(10-8-13)24(18,22)23)21(2)17-11-19-15-5-3-4-6-16(15)20-17/h3-12H,1-2H3,(H2,18,22,23)/t12-/m0/s1. The van der Waals surface area contributed by atoms with Crippen molar-refractivity contribution in [3.8, 4) is 0 Å². The Labute approximate surface area is 141 Å². The average molecular weight is 342 g/mol. The number of aromatic nitrogens is 2. The number of nitrogens with two attached hydrogens (primary N) is 1. The van der Waals surface area contributed by atoms with E-state index < -0.39 is 10.0 Å². The number of sulfonamides is 1. The van der Waals surface area contributed by atoms with Gasteiger partial charge in [-0.05, 0) is 36.8 Å². The van der Waals surface area contributed by atoms with E-state index in [1.54, 1.807) is 18.3 Å². The van der Waals surface area contributed by atoms with E-state index in [4.69, 9.17) is 5.14 Å². The molecule has 0 saturated carbocycles. The van der Waals surface area contributed by atoms with Crippen molar-refractivity contribution in [1.82, 2.24) is 9.97 Å². The van der Waals surface area contributed by atoms with Crippen LogP contribution in [0.4, 0.5) is 5.82 Å². The number of fused-ring (bicyclic) bond motifs is 1. The molecule has 1 aromatic heterocycles. The van der Waals surface area contributed by atoms with Gasteiger partial charge in [0.1, 0.15) is 5.82 Å². The van der Waals surface area contributed by atoms with Crippen molar-refractivity contribution in [3.63, 3.8) is 0 Å². The molecule has 1 heterocycles. The molecule has 2 N–H and O–H groups in total. The third kappa shape index (κ3) is 3.22. The molecule has 3 aromatic rings. The van der Waals surface area contributed by atoms with Crippen molar-refractivity contribution in [3.05, 3.63) is 60.3 Å². The molecule has 3 rings (SSSR count). The summed E-state index contributed by atoms with van der Waals surface area (Å²) >= 11 is 0. The first kappa shape index (κ1) is 16.4. The third-order valence-electron chi connectivity index (χ3n) is 4.07. The van der Waals surface area contributed by atoms with Crippen LogP contribution in [-0.4, -0.2) is 25.4 Å². The van der Waals surface area contributed by atoms with E-state index in [0.29, 0.717) is 0 Å². The van der Waals surface area contributed by atoms with E-state index >= 15 is 0 Å². The van der Waals surface area contributed by atoms with Gasteiger partial charge in [-0.15, -0.1) is 0 Å². The maximum atomic E-state index is 11.3. The molecule has 0 fully saturated rings. The maximum absolute atomic E-state index is 11.3. The molecule has 24 heavy (non-hydrogen) atoms. The lowest BCUT2D eigenvalue weighted by molar-refractivity contribution is 0.597. The molecule has 6 nitrogen and oxygen atoms in total. The first-order chi connectivity index (χ1) is 11.4. The molecule has 0 aliphatic carbocycles. The number of benzene rings is 2. The van der Waals surface area contributed by atoms with Gasteiger partial charge >= 0.3 is 0 Å². The van der Waals surface area contributed by atoms with Crippen molar-refractivity contribution in [1.29, 1.82) is 0 Å². The molecule has 2 aromatic carbocycles. The normalized spacial score (nSPS) is 13.0. The van der Waals surface area contributed by atoms with E-state index in [-0.39, 0.29) is 10.9 Å². The number of nitrogens with zero attached hydrogens (tertiary/aromatic N) is 3. The number of para-hydroxylation sites is 2. The first-order valence-electron chi connectivity index (χ1n) is 7.43. The molecular weight excluding hydrogens is 324 g/mol. The molecular formula is C17H18N4O2S. The monoisotopic (exact) mass is 342 g/mol. The summed E-state index contributed by atoms with van der Waals surface area (Å²) in [6.45, 7) is 2.02. The van der Waals surface area contributed by atoms with Crippen molar-refractivity contribution >= 4 is 26.9 Å². The highest BCUT2D eigenvalue weighted by molar-refractivity contribution is 7.89. The van der Waals surface area contributed by atoms with Crippen molar-refractivity contribution in [2.24, 2.45) is 5.14 Å². The van der Waals surface area contributed by atoms with Crippen molar-refractivity contribution in [2.45, 2.75) is 17.9 Å². The van der Waals surface area contributed by atoms with Gasteiger partial charge in [0.2, 0.25) is 10.0 Å². The molecule has 0 aliphatic rings. The molecule has 0 spiro atoms. The number of hydrogen-bond acceptors (Lipinski definition) is 5. The number of hydrogen-bond donors (Lipinski definition) is 1. The number of rotatable bonds is 4. The third-order valence-corrected chi connectivity index (χ3v) is 5.00. The lowest BCUT2D eigenvalue weighted by Crippen LogP contribution is -2.23. The Kier molecular flexibility index (Phi) is 4.21. The Balaban J connectivity index is 1.89. The highest BCUT2D eigenvalue weighted by atomic mass is 32.2. The van der Waals surface area contributed by atoms with Crippen LogP contribution in [0.3, 0.4) is 0 Å². The van der Waals surface area contributed by atoms with Crippen LogP contribution < -0.4 is 10.0 Å². The molecule has 0 saturated heterocycles. The first-order valence-corrected chi connectivity index (χ1v) is 8.98. The zero-order chi connectivity index (χ0) is 17.3. The highest BCUT2D eigenvalue weighted by Crippen LogP contribution is 2.25. The Morgan fingerprint density at radius 1 is 1.04 bits per heavy atom. The van der Waals surface area contributed by atoms with E-state index in [9.17, 15) is 8.42 Å². The summed E-state index contributed by atoms with van der Waals surface area (Å²) < 4.78 is 22.7. The minimum absolute atomic E-state index is 0.00464. The topological polar surface area (TPSA) is 89.2 Å². The molecule has 0 bridgehead atoms. The fourth-order valence-electron chi connectivity index (χ4n) is 2.48. The zero-order valence-electron chi connectivity index (χ0n) is 13.4. The molecule has 0 unspecified atom stereocenters. The summed E-state index contributed by atoms with van der Waals surface area (Å²) in [7, 11) is -1.75. The lowest BCUT2D eigenvalue weighted by Gasteiger charge is -2.26. The molecule has 0 radical (unpaired) electrons. The Bertz CT molecular complexity index is 971. The quantitative estimate of drug-likeness (QED) is 0.787. The number of primary sulfonamides is 1. The second kappa shape index (κ2) is 6.18. The fraction of sp³-hybridized carbons (Fsp3) is 0.176. The summed E-state index contributed by atoms with van der Waals surface area (Å²) in [5, 5.41) is 5.13. The summed E-state index contributed by atoms with van der Waals surface area (Å²) in [5.41, 5.74) is 2.64. The Morgan fingerprint density at radius 2 is 1.67 bits per heavy atom. The predicted octanol–water partition coefficient (Wildman–Crippen LogP) is 2.47. The van der Waals surface area contributed by atoms with Crippen LogP contribution in [-0.2, 0) is 10.0 Å². The molecule has 1 atom stereocenters. The largest absolute Gasteiger partial charge is 0.352 e. The van der Waals surface area contributed by atoms with Gasteiger partial charge in [-0.1, -0.05) is 24.3 Å². The van der Waals surface area contributed by atoms with Gasteiger partial charge in [0.25, 0.3) is 0 Å². The predicted molar refractivity (Wildman–Crippen MR) is 94.2 cm³/mol. The van der Waals surface area contributed by atoms with E-state index in [1.165, 1.54) is 12.1 Å². The van der Waals surface area contributed by atoms with Gasteiger partial charge in [-0.3, -0.25) is 4.98 Å². The summed E-state index contributed by atoms with van der Waals surface area (Å²) in [6.07, 6.45) is 1.73. The van der Waals surface area contributed by atoms with Gasteiger partial charge in [-0.25, -0.2) is 18.5 Å². The van der Waals surface area contributed by atoms with Gasteiger partial charge < -0.3 is 4.90 Å². The SMILES string of the molecule is C[C@@H](c1ccc(S(N)(=O)=O)cc1)N(C)c1cnc2ccccc2n1. The Hall–Kier alpha value is -2.51. The maximum Gasteiger partial charge on any atom is 0.238 e. The Morgan fingerprint density at radius 3 is 2.29 bits per heavy atom. The van der Waals surface area contributed by atoms with Crippen LogP contribution in [0, 0.1) is 0 Å². The minimum atomic E-state index is -3.68. The smallest absolute Gasteiger partial charge is 0.238 e. The average Bonchev–Trinajstić information content (AvgIpc) is 2.59. The second-order valence-electron chi connectivity index (χ2n) is 5.62. The fourth-order valence-corrected chi connectivity index (χ4v) is 2.99. The molecule has 7 heteroatoms. The van der Waals surface area contributed by atoms with Gasteiger partial charge in [0, 0.05) is 7.05 Å².